The lowest BCUT2D eigenvalue weighted by molar-refractivity contribution is 0.531. The highest BCUT2D eigenvalue weighted by molar-refractivity contribution is 5.32. The molecule has 11 heavy (non-hydrogen) atoms. The fourth-order valence-corrected chi connectivity index (χ4v) is 1.09. The number of allylic oxidation sites excluding steroid dienone is 2. The van der Waals surface area contributed by atoms with Crippen LogP contribution in [0, 0.1) is 0 Å². The van der Waals surface area contributed by atoms with E-state index in [9.17, 15) is 8.78 Å². The van der Waals surface area contributed by atoms with Crippen LogP contribution < -0.4 is 5.32 Å². The summed E-state index contributed by atoms with van der Waals surface area (Å²) in [6.45, 7) is 0.272. The number of rotatable bonds is 2. The first kappa shape index (κ1) is 8.40. The maximum Gasteiger partial charge on any atom is 0.126 e. The first-order chi connectivity index (χ1) is 5.25. The van der Waals surface area contributed by atoms with E-state index in [2.05, 4.69) is 5.32 Å². The third kappa shape index (κ3) is 1.87. The molecule has 1 N–H and O–H groups in total. The van der Waals surface area contributed by atoms with Crippen molar-refractivity contribution in [2.75, 3.05) is 13.6 Å². The Morgan fingerprint density at radius 3 is 2.91 bits per heavy atom. The SMILES string of the molecule is CNCC1=C(F)CCC=C1F.[HH]. The van der Waals surface area contributed by atoms with E-state index in [0.29, 0.717) is 12.8 Å². The third-order valence-electron chi connectivity index (χ3n) is 1.66. The van der Waals surface area contributed by atoms with E-state index in [1.807, 2.05) is 0 Å². The van der Waals surface area contributed by atoms with E-state index >= 15 is 0 Å². The maximum atomic E-state index is 12.8. The zero-order chi connectivity index (χ0) is 8.27. The van der Waals surface area contributed by atoms with Crippen molar-refractivity contribution in [3.05, 3.63) is 23.3 Å². The molecule has 0 aromatic rings. The summed E-state index contributed by atoms with van der Waals surface area (Å²) >= 11 is 0. The molecule has 0 aliphatic heterocycles. The minimum Gasteiger partial charge on any atom is -0.315 e. The van der Waals surface area contributed by atoms with Crippen molar-refractivity contribution in [2.24, 2.45) is 0 Å². The van der Waals surface area contributed by atoms with Crippen LogP contribution in [-0.2, 0) is 0 Å². The minimum atomic E-state index is -0.414. The summed E-state index contributed by atoms with van der Waals surface area (Å²) < 4.78 is 25.7. The Bertz CT molecular complexity index is 211. The third-order valence-corrected chi connectivity index (χ3v) is 1.66. The molecule has 0 aromatic carbocycles. The molecule has 0 spiro atoms. The molecule has 0 amide bonds. The van der Waals surface area contributed by atoms with Gasteiger partial charge in [0.05, 0.1) is 0 Å². The topological polar surface area (TPSA) is 12.0 Å². The van der Waals surface area contributed by atoms with Gasteiger partial charge in [-0.05, 0) is 19.5 Å². The molecule has 64 valence electrons. The average Bonchev–Trinajstić information content (AvgIpc) is 1.97. The molecule has 1 rings (SSSR count). The zero-order valence-corrected chi connectivity index (χ0v) is 6.45. The molecular weight excluding hydrogens is 148 g/mol. The van der Waals surface area contributed by atoms with Crippen LogP contribution >= 0.6 is 0 Å². The summed E-state index contributed by atoms with van der Waals surface area (Å²) in [4.78, 5) is 0. The molecule has 0 saturated carbocycles. The summed E-state index contributed by atoms with van der Waals surface area (Å²) in [5.41, 5.74) is 0.179. The summed E-state index contributed by atoms with van der Waals surface area (Å²) in [7, 11) is 1.67. The molecular formula is C8H13F2N. The zero-order valence-electron chi connectivity index (χ0n) is 6.45. The number of hydrogen-bond acceptors (Lipinski definition) is 1. The number of likely N-dealkylation sites (N-methyl/N-ethyl adjacent to an activating group) is 1. The number of halogens is 2. The molecule has 0 aromatic heterocycles. The van der Waals surface area contributed by atoms with Gasteiger partial charge in [0.2, 0.25) is 0 Å². The van der Waals surface area contributed by atoms with Gasteiger partial charge in [-0.3, -0.25) is 0 Å². The lowest BCUT2D eigenvalue weighted by Crippen LogP contribution is -2.13. The Kier molecular flexibility index (Phi) is 2.76. The average molecular weight is 161 g/mol. The maximum absolute atomic E-state index is 12.8. The van der Waals surface area contributed by atoms with Gasteiger partial charge in [0.15, 0.2) is 0 Å². The van der Waals surface area contributed by atoms with Crippen molar-refractivity contribution in [3.63, 3.8) is 0 Å². The highest BCUT2D eigenvalue weighted by Gasteiger charge is 2.14. The van der Waals surface area contributed by atoms with Crippen molar-refractivity contribution in [1.82, 2.24) is 5.32 Å². The van der Waals surface area contributed by atoms with Gasteiger partial charge >= 0.3 is 0 Å². The first-order valence-electron chi connectivity index (χ1n) is 3.64. The summed E-state index contributed by atoms with van der Waals surface area (Å²) in [6.07, 6.45) is 2.24. The molecule has 0 heterocycles. The van der Waals surface area contributed by atoms with Crippen LogP contribution in [0.15, 0.2) is 23.3 Å². The van der Waals surface area contributed by atoms with E-state index < -0.39 is 5.83 Å². The summed E-state index contributed by atoms with van der Waals surface area (Å²) in [5, 5.41) is 2.72. The van der Waals surface area contributed by atoms with Gasteiger partial charge in [-0.1, -0.05) is 0 Å². The second-order valence-electron chi connectivity index (χ2n) is 2.50. The fourth-order valence-electron chi connectivity index (χ4n) is 1.09. The predicted molar refractivity (Wildman–Crippen MR) is 42.6 cm³/mol. The van der Waals surface area contributed by atoms with Crippen molar-refractivity contribution >= 4 is 0 Å². The van der Waals surface area contributed by atoms with Gasteiger partial charge in [-0.25, -0.2) is 8.78 Å². The molecule has 1 aliphatic carbocycles. The smallest absolute Gasteiger partial charge is 0.126 e. The van der Waals surface area contributed by atoms with E-state index in [0.717, 1.165) is 0 Å². The molecule has 1 aliphatic rings. The second kappa shape index (κ2) is 3.62. The normalized spacial score (nSPS) is 18.6. The van der Waals surface area contributed by atoms with Gasteiger partial charge in [-0.15, -0.1) is 0 Å². The predicted octanol–water partition coefficient (Wildman–Crippen LogP) is 2.32. The first-order valence-corrected chi connectivity index (χ1v) is 3.64. The molecule has 0 saturated heterocycles. The Morgan fingerprint density at radius 1 is 1.64 bits per heavy atom. The van der Waals surface area contributed by atoms with Crippen LogP contribution in [0.1, 0.15) is 14.3 Å². The lowest BCUT2D eigenvalue weighted by Gasteiger charge is -2.10. The summed E-state index contributed by atoms with van der Waals surface area (Å²) in [5.74, 6) is -0.734. The van der Waals surface area contributed by atoms with Crippen LogP contribution in [0.4, 0.5) is 8.78 Å². The Balaban J connectivity index is 0.00000121. The quantitative estimate of drug-likeness (QED) is 0.655. The monoisotopic (exact) mass is 161 g/mol. The fraction of sp³-hybridized carbons (Fsp3) is 0.500. The molecule has 0 unspecified atom stereocenters. The lowest BCUT2D eigenvalue weighted by atomic mass is 10.0. The van der Waals surface area contributed by atoms with Crippen molar-refractivity contribution in [1.29, 1.82) is 0 Å². The van der Waals surface area contributed by atoms with Gasteiger partial charge in [0.1, 0.15) is 11.7 Å². The van der Waals surface area contributed by atoms with Crippen LogP contribution in [0.2, 0.25) is 0 Å². The molecule has 0 bridgehead atoms. The standard InChI is InChI=1S/C8H11F2N.H2/c1-11-5-6-7(9)3-2-4-8(6)10;/h3,11H,2,4-5H2,1H3;1H. The Hall–Kier alpha value is -0.700. The molecule has 0 atom stereocenters. The van der Waals surface area contributed by atoms with E-state index in [1.54, 1.807) is 7.05 Å². The van der Waals surface area contributed by atoms with E-state index in [1.165, 1.54) is 6.08 Å². The van der Waals surface area contributed by atoms with Crippen LogP contribution in [0.3, 0.4) is 0 Å². The van der Waals surface area contributed by atoms with Crippen molar-refractivity contribution in [3.8, 4) is 0 Å². The molecule has 0 radical (unpaired) electrons. The second-order valence-corrected chi connectivity index (χ2v) is 2.50. The van der Waals surface area contributed by atoms with Gasteiger partial charge < -0.3 is 5.32 Å². The highest BCUT2D eigenvalue weighted by atomic mass is 19.1. The Morgan fingerprint density at radius 2 is 2.36 bits per heavy atom. The van der Waals surface area contributed by atoms with Crippen molar-refractivity contribution < 1.29 is 10.2 Å². The molecule has 3 heteroatoms. The van der Waals surface area contributed by atoms with Gasteiger partial charge in [0, 0.05) is 20.0 Å². The van der Waals surface area contributed by atoms with Gasteiger partial charge in [0.25, 0.3) is 0 Å². The largest absolute Gasteiger partial charge is 0.315 e. The van der Waals surface area contributed by atoms with Crippen LogP contribution in [-0.4, -0.2) is 13.6 Å². The van der Waals surface area contributed by atoms with Gasteiger partial charge in [-0.2, -0.15) is 0 Å². The number of hydrogen-bond donors (Lipinski definition) is 1. The molecule has 1 nitrogen and oxygen atoms in total. The minimum absolute atomic E-state index is 0. The van der Waals surface area contributed by atoms with Crippen LogP contribution in [0.5, 0.6) is 0 Å². The summed E-state index contributed by atoms with van der Waals surface area (Å²) in [6, 6.07) is 0. The van der Waals surface area contributed by atoms with Crippen LogP contribution in [0.25, 0.3) is 0 Å². The van der Waals surface area contributed by atoms with E-state index in [-0.39, 0.29) is 19.4 Å². The Labute approximate surface area is 66.3 Å². The number of nitrogens with one attached hydrogen (secondary N) is 1. The molecule has 0 fully saturated rings. The van der Waals surface area contributed by atoms with Crippen molar-refractivity contribution in [2.45, 2.75) is 12.8 Å². The highest BCUT2D eigenvalue weighted by Crippen LogP contribution is 2.26. The van der Waals surface area contributed by atoms with E-state index in [4.69, 9.17) is 0 Å².